The Hall–Kier alpha value is -1.44. The van der Waals surface area contributed by atoms with Crippen molar-refractivity contribution in [1.29, 1.82) is 0 Å². The number of hydrogen-bond donors (Lipinski definition) is 0. The quantitative estimate of drug-likeness (QED) is 0.358. The Morgan fingerprint density at radius 2 is 1.36 bits per heavy atom. The van der Waals surface area contributed by atoms with Crippen molar-refractivity contribution in [2.75, 3.05) is 11.4 Å². The Bertz CT molecular complexity index is 468. The van der Waals surface area contributed by atoms with E-state index in [1.165, 1.54) is 82.9 Å². The summed E-state index contributed by atoms with van der Waals surface area (Å²) >= 11 is 0. The number of nitrogens with zero attached hydrogens (tertiary/aromatic N) is 2. The standard InChI is InChI=1S/C23H38N2/c1-3-5-7-9-14-18-23-24(19-15-10-8-6-4-2)20-21-25(23)22-16-12-11-13-17-22/h11-13,16-17,20-21,23H,3-10,14-15,18-19H2,1-2H3. The fourth-order valence-electron chi connectivity index (χ4n) is 3.73. The highest BCUT2D eigenvalue weighted by Crippen LogP contribution is 2.28. The molecule has 1 aliphatic heterocycles. The van der Waals surface area contributed by atoms with Gasteiger partial charge in [0, 0.05) is 24.6 Å². The van der Waals surface area contributed by atoms with E-state index in [1.54, 1.807) is 0 Å². The first-order valence-electron chi connectivity index (χ1n) is 10.6. The van der Waals surface area contributed by atoms with E-state index >= 15 is 0 Å². The van der Waals surface area contributed by atoms with Crippen LogP contribution in [0, 0.1) is 0 Å². The molecule has 0 amide bonds. The second kappa shape index (κ2) is 12.0. The van der Waals surface area contributed by atoms with Crippen LogP contribution in [0.4, 0.5) is 5.69 Å². The van der Waals surface area contributed by atoms with E-state index in [0.717, 1.165) is 0 Å². The summed E-state index contributed by atoms with van der Waals surface area (Å²) in [5, 5.41) is 0. The summed E-state index contributed by atoms with van der Waals surface area (Å²) in [4.78, 5) is 5.06. The molecule has 2 nitrogen and oxygen atoms in total. The molecule has 1 heterocycles. The summed E-state index contributed by atoms with van der Waals surface area (Å²) in [6.07, 6.45) is 20.0. The number of rotatable bonds is 13. The number of benzene rings is 1. The zero-order valence-electron chi connectivity index (χ0n) is 16.5. The van der Waals surface area contributed by atoms with Gasteiger partial charge >= 0.3 is 0 Å². The Morgan fingerprint density at radius 3 is 2.04 bits per heavy atom. The van der Waals surface area contributed by atoms with Crippen LogP contribution in [-0.4, -0.2) is 17.6 Å². The lowest BCUT2D eigenvalue weighted by Gasteiger charge is -2.33. The molecule has 0 saturated carbocycles. The van der Waals surface area contributed by atoms with E-state index in [0.29, 0.717) is 6.17 Å². The molecule has 0 aliphatic carbocycles. The van der Waals surface area contributed by atoms with Crippen LogP contribution in [0.2, 0.25) is 0 Å². The molecular weight excluding hydrogens is 304 g/mol. The fourth-order valence-corrected chi connectivity index (χ4v) is 3.73. The van der Waals surface area contributed by atoms with Gasteiger partial charge in [0.25, 0.3) is 0 Å². The lowest BCUT2D eigenvalue weighted by molar-refractivity contribution is 0.273. The summed E-state index contributed by atoms with van der Waals surface area (Å²) < 4.78 is 0. The first-order chi connectivity index (χ1) is 12.4. The van der Waals surface area contributed by atoms with Crippen LogP contribution in [0.3, 0.4) is 0 Å². The van der Waals surface area contributed by atoms with Crippen molar-refractivity contribution in [1.82, 2.24) is 4.90 Å². The molecule has 1 aromatic carbocycles. The molecule has 1 atom stereocenters. The molecule has 0 radical (unpaired) electrons. The predicted octanol–water partition coefficient (Wildman–Crippen LogP) is 6.94. The Morgan fingerprint density at radius 1 is 0.720 bits per heavy atom. The SMILES string of the molecule is CCCCCCCC1N(CCCCCCC)C=CN1c1ccccc1. The van der Waals surface area contributed by atoms with Crippen LogP contribution in [0.5, 0.6) is 0 Å². The van der Waals surface area contributed by atoms with Crippen molar-refractivity contribution in [3.05, 3.63) is 42.7 Å². The van der Waals surface area contributed by atoms with Gasteiger partial charge in [-0.1, -0.05) is 83.4 Å². The molecule has 25 heavy (non-hydrogen) atoms. The van der Waals surface area contributed by atoms with Gasteiger partial charge in [0.1, 0.15) is 6.17 Å². The fraction of sp³-hybridized carbons (Fsp3) is 0.652. The maximum Gasteiger partial charge on any atom is 0.105 e. The summed E-state index contributed by atoms with van der Waals surface area (Å²) in [5.74, 6) is 0. The van der Waals surface area contributed by atoms with E-state index in [-0.39, 0.29) is 0 Å². The third kappa shape index (κ3) is 6.76. The van der Waals surface area contributed by atoms with Crippen LogP contribution in [0.1, 0.15) is 84.5 Å². The Kier molecular flexibility index (Phi) is 9.54. The summed E-state index contributed by atoms with van der Waals surface area (Å²) in [6.45, 7) is 5.77. The highest BCUT2D eigenvalue weighted by molar-refractivity contribution is 5.51. The average molecular weight is 343 g/mol. The third-order valence-corrected chi connectivity index (χ3v) is 5.26. The molecule has 0 fully saturated rings. The summed E-state index contributed by atoms with van der Waals surface area (Å²) in [7, 11) is 0. The Labute approximate surface area is 155 Å². The zero-order chi connectivity index (χ0) is 17.7. The summed E-state index contributed by atoms with van der Waals surface area (Å²) in [6, 6.07) is 10.9. The molecule has 2 rings (SSSR count). The first kappa shape index (κ1) is 19.9. The van der Waals surface area contributed by atoms with E-state index in [1.807, 2.05) is 0 Å². The van der Waals surface area contributed by atoms with Gasteiger partial charge in [-0.25, -0.2) is 0 Å². The van der Waals surface area contributed by atoms with E-state index in [4.69, 9.17) is 0 Å². The van der Waals surface area contributed by atoms with E-state index < -0.39 is 0 Å². The largest absolute Gasteiger partial charge is 0.356 e. The lowest BCUT2D eigenvalue weighted by atomic mass is 10.1. The highest BCUT2D eigenvalue weighted by atomic mass is 15.4. The molecule has 0 N–H and O–H groups in total. The van der Waals surface area contributed by atoms with Crippen LogP contribution in [-0.2, 0) is 0 Å². The van der Waals surface area contributed by atoms with Crippen molar-refractivity contribution >= 4 is 5.69 Å². The maximum atomic E-state index is 2.58. The second-order valence-corrected chi connectivity index (χ2v) is 7.38. The molecule has 2 heteroatoms. The molecule has 0 aromatic heterocycles. The molecule has 0 spiro atoms. The molecule has 0 bridgehead atoms. The number of para-hydroxylation sites is 1. The molecule has 140 valence electrons. The van der Waals surface area contributed by atoms with Gasteiger partial charge in [0.2, 0.25) is 0 Å². The van der Waals surface area contributed by atoms with Gasteiger partial charge in [-0.2, -0.15) is 0 Å². The second-order valence-electron chi connectivity index (χ2n) is 7.38. The van der Waals surface area contributed by atoms with Crippen LogP contribution in [0.15, 0.2) is 42.7 Å². The molecule has 1 aliphatic rings. The minimum Gasteiger partial charge on any atom is -0.356 e. The van der Waals surface area contributed by atoms with Gasteiger partial charge in [0.05, 0.1) is 0 Å². The molecule has 0 saturated heterocycles. The van der Waals surface area contributed by atoms with Crippen molar-refractivity contribution in [3.8, 4) is 0 Å². The van der Waals surface area contributed by atoms with Gasteiger partial charge < -0.3 is 9.80 Å². The minimum absolute atomic E-state index is 0.509. The lowest BCUT2D eigenvalue weighted by Crippen LogP contribution is -2.39. The molecule has 1 unspecified atom stereocenters. The van der Waals surface area contributed by atoms with Gasteiger partial charge in [0.15, 0.2) is 0 Å². The van der Waals surface area contributed by atoms with E-state index in [2.05, 4.69) is 66.4 Å². The third-order valence-electron chi connectivity index (χ3n) is 5.26. The van der Waals surface area contributed by atoms with Crippen molar-refractivity contribution in [3.63, 3.8) is 0 Å². The molecule has 1 aromatic rings. The van der Waals surface area contributed by atoms with Crippen LogP contribution < -0.4 is 4.90 Å². The summed E-state index contributed by atoms with van der Waals surface area (Å²) in [5.41, 5.74) is 1.32. The topological polar surface area (TPSA) is 6.48 Å². The normalized spacial score (nSPS) is 16.8. The predicted molar refractivity (Wildman–Crippen MR) is 111 cm³/mol. The number of unbranched alkanes of at least 4 members (excludes halogenated alkanes) is 8. The average Bonchev–Trinajstić information content (AvgIpc) is 3.05. The van der Waals surface area contributed by atoms with Gasteiger partial charge in [-0.15, -0.1) is 0 Å². The maximum absolute atomic E-state index is 2.58. The first-order valence-corrected chi connectivity index (χ1v) is 10.6. The smallest absolute Gasteiger partial charge is 0.105 e. The van der Waals surface area contributed by atoms with Crippen molar-refractivity contribution < 1.29 is 0 Å². The van der Waals surface area contributed by atoms with Crippen LogP contribution in [0.25, 0.3) is 0 Å². The highest BCUT2D eigenvalue weighted by Gasteiger charge is 2.26. The zero-order valence-corrected chi connectivity index (χ0v) is 16.5. The number of hydrogen-bond acceptors (Lipinski definition) is 2. The van der Waals surface area contributed by atoms with Gasteiger partial charge in [-0.3, -0.25) is 0 Å². The number of anilines is 1. The Balaban J connectivity index is 1.87. The van der Waals surface area contributed by atoms with E-state index in [9.17, 15) is 0 Å². The van der Waals surface area contributed by atoms with Gasteiger partial charge in [-0.05, 0) is 31.4 Å². The molecular formula is C23H38N2. The monoisotopic (exact) mass is 342 g/mol. The van der Waals surface area contributed by atoms with Crippen molar-refractivity contribution in [2.24, 2.45) is 0 Å². The van der Waals surface area contributed by atoms with Crippen LogP contribution >= 0.6 is 0 Å². The minimum atomic E-state index is 0.509. The van der Waals surface area contributed by atoms with Crippen molar-refractivity contribution in [2.45, 2.75) is 90.6 Å².